The van der Waals surface area contributed by atoms with Gasteiger partial charge in [-0.3, -0.25) is 43.2 Å². The van der Waals surface area contributed by atoms with E-state index in [1.807, 2.05) is 5.32 Å². The highest BCUT2D eigenvalue weighted by molar-refractivity contribution is 5.94. The number of rotatable bonds is 18. The standard InChI is InChI=1S/C19H31N9O11/c20-1-11(30)21-2-12(31)22-4-14(33)25-7-17(36)28-10(9-29)19(39)27-6-16(35)24-3-13(32)23-5-15(34)26-8-18(37)38/h10,29H,1-9,20H2,(H,21,30)(H,22,31)(H,23,32)(H,24,35)(H,25,33)(H,26,34)(H,27,39)(H,28,36)(H,37,38). The van der Waals surface area contributed by atoms with E-state index >= 15 is 0 Å². The van der Waals surface area contributed by atoms with Crippen molar-refractivity contribution in [2.24, 2.45) is 5.73 Å². The number of aliphatic hydroxyl groups is 1. The van der Waals surface area contributed by atoms with Crippen molar-refractivity contribution in [3.63, 3.8) is 0 Å². The van der Waals surface area contributed by atoms with Crippen molar-refractivity contribution in [1.29, 1.82) is 0 Å². The smallest absolute Gasteiger partial charge is 0.322 e. The van der Waals surface area contributed by atoms with E-state index in [9.17, 15) is 48.3 Å². The van der Waals surface area contributed by atoms with Gasteiger partial charge in [0.2, 0.25) is 47.3 Å². The molecule has 1 unspecified atom stereocenters. The second kappa shape index (κ2) is 19.3. The van der Waals surface area contributed by atoms with E-state index in [0.717, 1.165) is 0 Å². The van der Waals surface area contributed by atoms with Crippen LogP contribution in [0.2, 0.25) is 0 Å². The summed E-state index contributed by atoms with van der Waals surface area (Å²) in [7, 11) is 0. The number of amides is 8. The summed E-state index contributed by atoms with van der Waals surface area (Å²) in [5.74, 6) is -7.51. The van der Waals surface area contributed by atoms with Gasteiger partial charge >= 0.3 is 5.97 Å². The van der Waals surface area contributed by atoms with Gasteiger partial charge in [-0.1, -0.05) is 0 Å². The van der Waals surface area contributed by atoms with Gasteiger partial charge in [-0.25, -0.2) is 0 Å². The van der Waals surface area contributed by atoms with Crippen molar-refractivity contribution in [1.82, 2.24) is 42.5 Å². The molecule has 1 atom stereocenters. The van der Waals surface area contributed by atoms with E-state index < -0.39 is 112 Å². The van der Waals surface area contributed by atoms with Crippen LogP contribution in [0.3, 0.4) is 0 Å². The summed E-state index contributed by atoms with van der Waals surface area (Å²) in [6.07, 6.45) is 0. The predicted octanol–water partition coefficient (Wildman–Crippen LogP) is -8.68. The highest BCUT2D eigenvalue weighted by atomic mass is 16.4. The van der Waals surface area contributed by atoms with Crippen LogP contribution in [0.4, 0.5) is 0 Å². The van der Waals surface area contributed by atoms with Gasteiger partial charge in [-0.15, -0.1) is 0 Å². The summed E-state index contributed by atoms with van der Waals surface area (Å²) in [6.45, 7) is -5.07. The first-order valence-electron chi connectivity index (χ1n) is 11.1. The first-order chi connectivity index (χ1) is 18.4. The monoisotopic (exact) mass is 561 g/mol. The molecule has 0 bridgehead atoms. The molecule has 0 saturated heterocycles. The summed E-state index contributed by atoms with van der Waals surface area (Å²) in [4.78, 5) is 103. The van der Waals surface area contributed by atoms with Gasteiger partial charge in [0.25, 0.3) is 0 Å². The molecule has 39 heavy (non-hydrogen) atoms. The number of hydrogen-bond donors (Lipinski definition) is 11. The average Bonchev–Trinajstić information content (AvgIpc) is 2.91. The molecule has 0 fully saturated rings. The van der Waals surface area contributed by atoms with Crippen molar-refractivity contribution in [3.8, 4) is 0 Å². The molecular weight excluding hydrogens is 530 g/mol. The molecule has 0 saturated carbocycles. The molecule has 0 aromatic heterocycles. The minimum absolute atomic E-state index is 0.316. The summed E-state index contributed by atoms with van der Waals surface area (Å²) in [5, 5.41) is 34.7. The third kappa shape index (κ3) is 18.1. The number of aliphatic hydroxyl groups excluding tert-OH is 1. The molecule has 20 nitrogen and oxygen atoms in total. The van der Waals surface area contributed by atoms with Gasteiger partial charge in [0.05, 0.1) is 52.4 Å². The largest absolute Gasteiger partial charge is 0.480 e. The molecule has 218 valence electrons. The fraction of sp³-hybridized carbons (Fsp3) is 0.526. The Bertz CT molecular complexity index is 942. The third-order valence-corrected chi connectivity index (χ3v) is 4.11. The molecule has 20 heteroatoms. The number of carboxylic acids is 1. The average molecular weight is 562 g/mol. The van der Waals surface area contributed by atoms with Crippen molar-refractivity contribution in [2.45, 2.75) is 6.04 Å². The quantitative estimate of drug-likeness (QED) is 0.0743. The maximum Gasteiger partial charge on any atom is 0.322 e. The van der Waals surface area contributed by atoms with E-state index in [1.165, 1.54) is 0 Å². The summed E-state index contributed by atoms with van der Waals surface area (Å²) < 4.78 is 0. The zero-order chi connectivity index (χ0) is 29.8. The number of carbonyl (C=O) groups is 9. The van der Waals surface area contributed by atoms with Crippen molar-refractivity contribution in [2.75, 3.05) is 59.0 Å². The van der Waals surface area contributed by atoms with Crippen LogP contribution >= 0.6 is 0 Å². The van der Waals surface area contributed by atoms with Crippen LogP contribution in [0.25, 0.3) is 0 Å². The second-order valence-corrected chi connectivity index (χ2v) is 7.28. The van der Waals surface area contributed by atoms with Crippen LogP contribution in [0.15, 0.2) is 0 Å². The predicted molar refractivity (Wildman–Crippen MR) is 127 cm³/mol. The van der Waals surface area contributed by atoms with Crippen LogP contribution < -0.4 is 48.3 Å². The number of nitrogens with two attached hydrogens (primary N) is 1. The Morgan fingerprint density at radius 1 is 0.513 bits per heavy atom. The van der Waals surface area contributed by atoms with E-state index in [-0.39, 0.29) is 6.54 Å². The van der Waals surface area contributed by atoms with Crippen LogP contribution in [0.1, 0.15) is 0 Å². The molecule has 0 aliphatic heterocycles. The van der Waals surface area contributed by atoms with Gasteiger partial charge in [-0.2, -0.15) is 0 Å². The lowest BCUT2D eigenvalue weighted by Crippen LogP contribution is -2.53. The highest BCUT2D eigenvalue weighted by Crippen LogP contribution is 1.84. The maximum atomic E-state index is 12.1. The summed E-state index contributed by atoms with van der Waals surface area (Å²) in [6, 6.07) is -1.49. The minimum Gasteiger partial charge on any atom is -0.480 e. The second-order valence-electron chi connectivity index (χ2n) is 7.28. The Labute approximate surface area is 220 Å². The van der Waals surface area contributed by atoms with E-state index in [4.69, 9.17) is 10.8 Å². The van der Waals surface area contributed by atoms with Crippen LogP contribution in [0, 0.1) is 0 Å². The fourth-order valence-electron chi connectivity index (χ4n) is 2.18. The Kier molecular flexibility index (Phi) is 16.9. The molecule has 0 spiro atoms. The minimum atomic E-state index is -1.49. The molecule has 0 aromatic rings. The summed E-state index contributed by atoms with van der Waals surface area (Å²) in [5.41, 5.74) is 5.05. The molecular formula is C19H31N9O11. The van der Waals surface area contributed by atoms with Gasteiger partial charge < -0.3 is 58.5 Å². The van der Waals surface area contributed by atoms with E-state index in [1.54, 1.807) is 0 Å². The number of nitrogens with one attached hydrogen (secondary N) is 8. The molecule has 0 aliphatic rings. The van der Waals surface area contributed by atoms with Gasteiger partial charge in [0, 0.05) is 0 Å². The zero-order valence-electron chi connectivity index (χ0n) is 20.6. The zero-order valence-corrected chi connectivity index (χ0v) is 20.6. The highest BCUT2D eigenvalue weighted by Gasteiger charge is 2.21. The fourth-order valence-corrected chi connectivity index (χ4v) is 2.18. The lowest BCUT2D eigenvalue weighted by Gasteiger charge is -2.16. The summed E-state index contributed by atoms with van der Waals surface area (Å²) >= 11 is 0. The molecule has 0 heterocycles. The maximum absolute atomic E-state index is 12.1. The molecule has 0 rings (SSSR count). The third-order valence-electron chi connectivity index (χ3n) is 4.11. The normalized spacial score (nSPS) is 10.6. The number of aliphatic carboxylic acids is 1. The van der Waals surface area contributed by atoms with Gasteiger partial charge in [0.15, 0.2) is 0 Å². The van der Waals surface area contributed by atoms with Crippen molar-refractivity contribution >= 4 is 53.2 Å². The van der Waals surface area contributed by atoms with Gasteiger partial charge in [-0.05, 0) is 0 Å². The molecule has 8 amide bonds. The lowest BCUT2D eigenvalue weighted by molar-refractivity contribution is -0.138. The van der Waals surface area contributed by atoms with Crippen LogP contribution in [-0.4, -0.2) is 128 Å². The van der Waals surface area contributed by atoms with E-state index in [0.29, 0.717) is 0 Å². The number of carboxylic acid groups (broad SMARTS) is 1. The Balaban J connectivity index is 4.23. The Morgan fingerprint density at radius 2 is 0.846 bits per heavy atom. The molecule has 12 N–H and O–H groups in total. The lowest BCUT2D eigenvalue weighted by atomic mass is 10.3. The van der Waals surface area contributed by atoms with Crippen molar-refractivity contribution in [3.05, 3.63) is 0 Å². The Hall–Kier alpha value is -4.85. The topological polar surface area (TPSA) is 316 Å². The van der Waals surface area contributed by atoms with Gasteiger partial charge in [0.1, 0.15) is 12.6 Å². The first-order valence-corrected chi connectivity index (χ1v) is 11.1. The number of carbonyl (C=O) groups excluding carboxylic acids is 8. The van der Waals surface area contributed by atoms with Crippen LogP contribution in [-0.2, 0) is 43.2 Å². The molecule has 0 aliphatic carbocycles. The van der Waals surface area contributed by atoms with E-state index in [2.05, 4.69) is 37.2 Å². The van der Waals surface area contributed by atoms with Crippen LogP contribution in [0.5, 0.6) is 0 Å². The molecule has 0 radical (unpaired) electrons. The first kappa shape index (κ1) is 34.1. The Morgan fingerprint density at radius 3 is 1.21 bits per heavy atom. The van der Waals surface area contributed by atoms with Crippen molar-refractivity contribution < 1.29 is 53.4 Å². The SMILES string of the molecule is NCC(=O)NCC(=O)NCC(=O)NCC(=O)NC(CO)C(=O)NCC(=O)NCC(=O)NCC(=O)NCC(=O)O. The molecule has 0 aromatic carbocycles. The number of hydrogen-bond acceptors (Lipinski definition) is 11.